The second-order valence-electron chi connectivity index (χ2n) is 2.06. The van der Waals surface area contributed by atoms with Crippen LogP contribution in [0.2, 0.25) is 0 Å². The highest BCUT2D eigenvalue weighted by atomic mass is 79.9. The molecule has 0 saturated heterocycles. The normalized spacial score (nSPS) is 38.6. The SMILES string of the molecule is BrC[C@@H]1C[C@@H]1CBr. The van der Waals surface area contributed by atoms with Crippen LogP contribution in [-0.4, -0.2) is 10.7 Å². The number of halogens is 2. The van der Waals surface area contributed by atoms with Crippen LogP contribution >= 0.6 is 31.9 Å². The van der Waals surface area contributed by atoms with Gasteiger partial charge in [0, 0.05) is 10.7 Å². The third-order valence-corrected chi connectivity index (χ3v) is 3.13. The summed E-state index contributed by atoms with van der Waals surface area (Å²) >= 11 is 6.87. The van der Waals surface area contributed by atoms with Crippen LogP contribution in [0.25, 0.3) is 0 Å². The van der Waals surface area contributed by atoms with Gasteiger partial charge in [-0.05, 0) is 18.3 Å². The van der Waals surface area contributed by atoms with E-state index in [4.69, 9.17) is 0 Å². The Morgan fingerprint density at radius 1 is 1.14 bits per heavy atom. The van der Waals surface area contributed by atoms with E-state index in [2.05, 4.69) is 31.9 Å². The Bertz CT molecular complexity index is 55.1. The standard InChI is InChI=1S/C5H8Br2/c6-2-4-1-5(4)3-7/h4-5H,1-3H2/t4-,5+. The fourth-order valence-electron chi connectivity index (χ4n) is 0.688. The van der Waals surface area contributed by atoms with Gasteiger partial charge in [-0.15, -0.1) is 0 Å². The summed E-state index contributed by atoms with van der Waals surface area (Å²) in [5.41, 5.74) is 0. The van der Waals surface area contributed by atoms with Gasteiger partial charge in [0.1, 0.15) is 0 Å². The first kappa shape index (κ1) is 6.09. The molecule has 1 fully saturated rings. The van der Waals surface area contributed by atoms with Crippen LogP contribution in [0.5, 0.6) is 0 Å². The maximum atomic E-state index is 3.44. The van der Waals surface area contributed by atoms with Gasteiger partial charge < -0.3 is 0 Å². The minimum atomic E-state index is 0.986. The van der Waals surface area contributed by atoms with Crippen LogP contribution in [0.1, 0.15) is 6.42 Å². The lowest BCUT2D eigenvalue weighted by Crippen LogP contribution is -1.81. The Morgan fingerprint density at radius 3 is 1.71 bits per heavy atom. The summed E-state index contributed by atoms with van der Waals surface area (Å²) in [5.74, 6) is 1.97. The first-order valence-electron chi connectivity index (χ1n) is 2.50. The zero-order valence-corrected chi connectivity index (χ0v) is 7.20. The lowest BCUT2D eigenvalue weighted by atomic mass is 10.4. The average Bonchev–Trinajstić information content (AvgIpc) is 2.43. The molecule has 0 nitrogen and oxygen atoms in total. The van der Waals surface area contributed by atoms with E-state index in [0.717, 1.165) is 11.8 Å². The third-order valence-electron chi connectivity index (χ3n) is 1.47. The number of hydrogen-bond donors (Lipinski definition) is 0. The van der Waals surface area contributed by atoms with E-state index < -0.39 is 0 Å². The first-order valence-corrected chi connectivity index (χ1v) is 4.74. The fourth-order valence-corrected chi connectivity index (χ4v) is 2.27. The van der Waals surface area contributed by atoms with E-state index in [1.165, 1.54) is 17.1 Å². The van der Waals surface area contributed by atoms with Gasteiger partial charge in [0.15, 0.2) is 0 Å². The minimum absolute atomic E-state index is 0.986. The minimum Gasteiger partial charge on any atom is -0.0925 e. The average molecular weight is 228 g/mol. The lowest BCUT2D eigenvalue weighted by Gasteiger charge is -1.82. The molecule has 0 aromatic heterocycles. The van der Waals surface area contributed by atoms with E-state index in [9.17, 15) is 0 Å². The Kier molecular flexibility index (Phi) is 2.17. The Hall–Kier alpha value is 0.960. The van der Waals surface area contributed by atoms with Crippen molar-refractivity contribution in [3.63, 3.8) is 0 Å². The van der Waals surface area contributed by atoms with Crippen LogP contribution in [0.15, 0.2) is 0 Å². The van der Waals surface area contributed by atoms with Gasteiger partial charge in [-0.1, -0.05) is 31.9 Å². The lowest BCUT2D eigenvalue weighted by molar-refractivity contribution is 0.866. The molecule has 7 heavy (non-hydrogen) atoms. The second-order valence-corrected chi connectivity index (χ2v) is 3.36. The Balaban J connectivity index is 2.06. The van der Waals surface area contributed by atoms with Crippen molar-refractivity contribution in [2.75, 3.05) is 10.7 Å². The molecular formula is C5H8Br2. The molecule has 0 N–H and O–H groups in total. The fraction of sp³-hybridized carbons (Fsp3) is 1.00. The molecular weight excluding hydrogens is 220 g/mol. The summed E-state index contributed by atoms with van der Waals surface area (Å²) in [4.78, 5) is 0. The summed E-state index contributed by atoms with van der Waals surface area (Å²) in [7, 11) is 0. The van der Waals surface area contributed by atoms with Gasteiger partial charge >= 0.3 is 0 Å². The van der Waals surface area contributed by atoms with Crippen molar-refractivity contribution < 1.29 is 0 Å². The predicted octanol–water partition coefficient (Wildman–Crippen LogP) is 2.41. The summed E-state index contributed by atoms with van der Waals surface area (Å²) in [6.07, 6.45) is 1.43. The Labute approximate surface area is 60.9 Å². The van der Waals surface area contributed by atoms with Crippen molar-refractivity contribution in [1.82, 2.24) is 0 Å². The van der Waals surface area contributed by atoms with Crippen LogP contribution in [0.4, 0.5) is 0 Å². The largest absolute Gasteiger partial charge is 0.0925 e. The van der Waals surface area contributed by atoms with Crippen LogP contribution < -0.4 is 0 Å². The first-order chi connectivity index (χ1) is 3.38. The van der Waals surface area contributed by atoms with Crippen molar-refractivity contribution >= 4 is 31.9 Å². The molecule has 1 aliphatic carbocycles. The third kappa shape index (κ3) is 1.43. The summed E-state index contributed by atoms with van der Waals surface area (Å²) in [6, 6.07) is 0. The molecule has 2 heteroatoms. The van der Waals surface area contributed by atoms with Gasteiger partial charge in [-0.25, -0.2) is 0 Å². The van der Waals surface area contributed by atoms with Crippen molar-refractivity contribution in [3.05, 3.63) is 0 Å². The predicted molar refractivity (Wildman–Crippen MR) is 39.2 cm³/mol. The van der Waals surface area contributed by atoms with Crippen LogP contribution in [0, 0.1) is 11.8 Å². The monoisotopic (exact) mass is 226 g/mol. The van der Waals surface area contributed by atoms with Gasteiger partial charge in [0.25, 0.3) is 0 Å². The molecule has 0 heterocycles. The topological polar surface area (TPSA) is 0 Å². The molecule has 0 spiro atoms. The highest BCUT2D eigenvalue weighted by Crippen LogP contribution is 2.40. The molecule has 42 valence electrons. The van der Waals surface area contributed by atoms with Gasteiger partial charge in [-0.2, -0.15) is 0 Å². The smallest absolute Gasteiger partial charge is 0.00627 e. The van der Waals surface area contributed by atoms with Crippen LogP contribution in [0.3, 0.4) is 0 Å². The summed E-state index contributed by atoms with van der Waals surface area (Å²) in [5, 5.41) is 2.40. The molecule has 0 radical (unpaired) electrons. The number of rotatable bonds is 2. The molecule has 1 rings (SSSR count). The molecule has 1 saturated carbocycles. The zero-order chi connectivity index (χ0) is 5.28. The van der Waals surface area contributed by atoms with Crippen LogP contribution in [-0.2, 0) is 0 Å². The van der Waals surface area contributed by atoms with E-state index in [1.807, 2.05) is 0 Å². The molecule has 0 aliphatic heterocycles. The number of alkyl halides is 2. The van der Waals surface area contributed by atoms with Gasteiger partial charge in [0.2, 0.25) is 0 Å². The molecule has 0 unspecified atom stereocenters. The van der Waals surface area contributed by atoms with Gasteiger partial charge in [-0.3, -0.25) is 0 Å². The quantitative estimate of drug-likeness (QED) is 0.636. The van der Waals surface area contributed by atoms with E-state index >= 15 is 0 Å². The maximum absolute atomic E-state index is 3.44. The molecule has 0 aromatic rings. The summed E-state index contributed by atoms with van der Waals surface area (Å²) in [6.45, 7) is 0. The number of hydrogen-bond acceptors (Lipinski definition) is 0. The molecule has 0 aromatic carbocycles. The highest BCUT2D eigenvalue weighted by molar-refractivity contribution is 9.09. The molecule has 0 bridgehead atoms. The Morgan fingerprint density at radius 2 is 1.57 bits per heavy atom. The summed E-state index contributed by atoms with van der Waals surface area (Å²) < 4.78 is 0. The van der Waals surface area contributed by atoms with Crippen molar-refractivity contribution in [1.29, 1.82) is 0 Å². The zero-order valence-electron chi connectivity index (χ0n) is 4.03. The highest BCUT2D eigenvalue weighted by Gasteiger charge is 2.34. The van der Waals surface area contributed by atoms with Crippen molar-refractivity contribution in [2.45, 2.75) is 6.42 Å². The van der Waals surface area contributed by atoms with E-state index in [-0.39, 0.29) is 0 Å². The van der Waals surface area contributed by atoms with E-state index in [0.29, 0.717) is 0 Å². The second kappa shape index (κ2) is 2.49. The maximum Gasteiger partial charge on any atom is 0.00627 e. The molecule has 2 atom stereocenters. The van der Waals surface area contributed by atoms with E-state index in [1.54, 1.807) is 0 Å². The molecule has 0 amide bonds. The molecule has 1 aliphatic rings. The van der Waals surface area contributed by atoms with Crippen molar-refractivity contribution in [3.8, 4) is 0 Å². The van der Waals surface area contributed by atoms with Crippen molar-refractivity contribution in [2.24, 2.45) is 11.8 Å². The van der Waals surface area contributed by atoms with Gasteiger partial charge in [0.05, 0.1) is 0 Å².